The van der Waals surface area contributed by atoms with E-state index in [2.05, 4.69) is 6.58 Å². The summed E-state index contributed by atoms with van der Waals surface area (Å²) >= 11 is 0. The first-order chi connectivity index (χ1) is 8.90. The van der Waals surface area contributed by atoms with Crippen molar-refractivity contribution in [2.24, 2.45) is 11.8 Å². The Morgan fingerprint density at radius 2 is 2.05 bits per heavy atom. The molecule has 2 N–H and O–H groups in total. The van der Waals surface area contributed by atoms with E-state index in [1.54, 1.807) is 0 Å². The maximum Gasteiger partial charge on any atom is 0.309 e. The highest BCUT2D eigenvalue weighted by Crippen LogP contribution is 2.35. The van der Waals surface area contributed by atoms with Crippen molar-refractivity contribution in [2.75, 3.05) is 0 Å². The van der Waals surface area contributed by atoms with Gasteiger partial charge >= 0.3 is 5.97 Å². The Kier molecular flexibility index (Phi) is 4.11. The molecule has 0 spiro atoms. The Labute approximate surface area is 113 Å². The molecule has 1 aliphatic carbocycles. The molecule has 1 saturated heterocycles. The summed E-state index contributed by atoms with van der Waals surface area (Å²) in [5.41, 5.74) is 1.54. The van der Waals surface area contributed by atoms with Crippen LogP contribution < -0.4 is 0 Å². The average Bonchev–Trinajstić information content (AvgIpc) is 2.62. The minimum Gasteiger partial charge on any atom is -0.458 e. The Hall–Kier alpha value is -1.13. The maximum atomic E-state index is 11.7. The number of rotatable bonds is 0. The molecular weight excluding hydrogens is 244 g/mol. The van der Waals surface area contributed by atoms with E-state index < -0.39 is 12.2 Å². The number of aliphatic hydroxyl groups excluding tert-OH is 2. The van der Waals surface area contributed by atoms with Crippen LogP contribution in [-0.4, -0.2) is 34.5 Å². The van der Waals surface area contributed by atoms with Gasteiger partial charge < -0.3 is 14.9 Å². The fourth-order valence-electron chi connectivity index (χ4n) is 2.83. The quantitative estimate of drug-likeness (QED) is 0.516. The number of carbonyl (C=O) groups is 1. The molecule has 19 heavy (non-hydrogen) atoms. The van der Waals surface area contributed by atoms with Crippen molar-refractivity contribution < 1.29 is 19.7 Å². The number of allylic oxidation sites excluding steroid dienone is 1. The van der Waals surface area contributed by atoms with Crippen LogP contribution in [0.15, 0.2) is 23.8 Å². The van der Waals surface area contributed by atoms with Crippen molar-refractivity contribution in [3.8, 4) is 0 Å². The van der Waals surface area contributed by atoms with Crippen LogP contribution in [0.1, 0.15) is 33.1 Å². The molecule has 1 heterocycles. The van der Waals surface area contributed by atoms with E-state index in [0.717, 1.165) is 5.57 Å². The van der Waals surface area contributed by atoms with Crippen LogP contribution >= 0.6 is 0 Å². The maximum absolute atomic E-state index is 11.7. The molecular formula is C15H22O4. The van der Waals surface area contributed by atoms with E-state index in [0.29, 0.717) is 24.8 Å². The highest BCUT2D eigenvalue weighted by atomic mass is 16.6. The van der Waals surface area contributed by atoms with Gasteiger partial charge in [-0.25, -0.2) is 0 Å². The highest BCUT2D eigenvalue weighted by molar-refractivity contribution is 5.75. The molecule has 5 unspecified atom stereocenters. The number of hydrogen-bond donors (Lipinski definition) is 2. The number of ether oxygens (including phenoxy) is 1. The zero-order chi connectivity index (χ0) is 14.2. The lowest BCUT2D eigenvalue weighted by molar-refractivity contribution is -0.142. The molecule has 2 aliphatic rings. The molecule has 2 rings (SSSR count). The number of aliphatic hydroxyl groups is 2. The monoisotopic (exact) mass is 266 g/mol. The summed E-state index contributed by atoms with van der Waals surface area (Å²) in [6, 6.07) is 0. The molecule has 0 aromatic heterocycles. The van der Waals surface area contributed by atoms with Crippen molar-refractivity contribution in [3.05, 3.63) is 23.8 Å². The molecule has 106 valence electrons. The summed E-state index contributed by atoms with van der Waals surface area (Å²) in [6.45, 7) is 7.59. The van der Waals surface area contributed by atoms with Gasteiger partial charge in [-0.3, -0.25) is 4.79 Å². The molecule has 5 atom stereocenters. The summed E-state index contributed by atoms with van der Waals surface area (Å²) in [4.78, 5) is 11.7. The van der Waals surface area contributed by atoms with Crippen LogP contribution in [0.3, 0.4) is 0 Å². The van der Waals surface area contributed by atoms with Crippen molar-refractivity contribution in [1.29, 1.82) is 0 Å². The lowest BCUT2D eigenvalue weighted by Gasteiger charge is -2.26. The van der Waals surface area contributed by atoms with E-state index >= 15 is 0 Å². The molecule has 4 heteroatoms. The van der Waals surface area contributed by atoms with Gasteiger partial charge in [-0.05, 0) is 37.8 Å². The molecule has 0 saturated carbocycles. The molecule has 1 fully saturated rings. The van der Waals surface area contributed by atoms with Crippen LogP contribution in [0.2, 0.25) is 0 Å². The standard InChI is InChI=1S/C15H22O4/c1-8-4-5-12(16)10(3)13(17)7-11-9(2)15(18)19-14(11)6-8/h6,9,11-14,16-17H,3-5,7H2,1-2H3. The van der Waals surface area contributed by atoms with E-state index in [1.165, 1.54) is 0 Å². The molecule has 4 nitrogen and oxygen atoms in total. The zero-order valence-electron chi connectivity index (χ0n) is 11.5. The zero-order valence-corrected chi connectivity index (χ0v) is 11.5. The normalized spacial score (nSPS) is 40.4. The summed E-state index contributed by atoms with van der Waals surface area (Å²) in [5, 5.41) is 20.1. The first-order valence-electron chi connectivity index (χ1n) is 6.82. The van der Waals surface area contributed by atoms with E-state index in [1.807, 2.05) is 19.9 Å². The topological polar surface area (TPSA) is 66.8 Å². The summed E-state index contributed by atoms with van der Waals surface area (Å²) < 4.78 is 5.37. The molecule has 0 aromatic rings. The third-order valence-corrected chi connectivity index (χ3v) is 4.30. The van der Waals surface area contributed by atoms with E-state index in [4.69, 9.17) is 4.74 Å². The number of fused-ring (bicyclic) bond motifs is 1. The summed E-state index contributed by atoms with van der Waals surface area (Å²) in [7, 11) is 0. The Bertz CT molecular complexity index is 412. The lowest BCUT2D eigenvalue weighted by atomic mass is 9.82. The highest BCUT2D eigenvalue weighted by Gasteiger charge is 2.42. The van der Waals surface area contributed by atoms with Crippen molar-refractivity contribution in [1.82, 2.24) is 0 Å². The first kappa shape index (κ1) is 14.3. The molecule has 0 aromatic carbocycles. The van der Waals surface area contributed by atoms with Crippen molar-refractivity contribution in [2.45, 2.75) is 51.4 Å². The van der Waals surface area contributed by atoms with Crippen LogP contribution in [-0.2, 0) is 9.53 Å². The van der Waals surface area contributed by atoms with Gasteiger partial charge in [0.25, 0.3) is 0 Å². The second kappa shape index (κ2) is 5.47. The Balaban J connectivity index is 2.28. The molecule has 0 bridgehead atoms. The molecule has 0 amide bonds. The lowest BCUT2D eigenvalue weighted by Crippen LogP contribution is -2.29. The molecule has 0 radical (unpaired) electrons. The van der Waals surface area contributed by atoms with Gasteiger partial charge in [-0.1, -0.05) is 19.1 Å². The number of hydrogen-bond acceptors (Lipinski definition) is 4. The van der Waals surface area contributed by atoms with E-state index in [9.17, 15) is 15.0 Å². The van der Waals surface area contributed by atoms with E-state index in [-0.39, 0.29) is 23.9 Å². The van der Waals surface area contributed by atoms with Gasteiger partial charge in [0.2, 0.25) is 0 Å². The molecule has 1 aliphatic heterocycles. The largest absolute Gasteiger partial charge is 0.458 e. The van der Waals surface area contributed by atoms with Crippen LogP contribution in [0.4, 0.5) is 0 Å². The minimum atomic E-state index is -0.786. The smallest absolute Gasteiger partial charge is 0.309 e. The van der Waals surface area contributed by atoms with Crippen LogP contribution in [0.25, 0.3) is 0 Å². The Morgan fingerprint density at radius 1 is 1.37 bits per heavy atom. The van der Waals surface area contributed by atoms with Crippen molar-refractivity contribution in [3.63, 3.8) is 0 Å². The van der Waals surface area contributed by atoms with Gasteiger partial charge in [-0.2, -0.15) is 0 Å². The van der Waals surface area contributed by atoms with Crippen molar-refractivity contribution >= 4 is 5.97 Å². The second-order valence-electron chi connectivity index (χ2n) is 5.75. The summed E-state index contributed by atoms with van der Waals surface area (Å²) in [6.07, 6.45) is 1.87. The number of carbonyl (C=O) groups excluding carboxylic acids is 1. The number of esters is 1. The van der Waals surface area contributed by atoms with Gasteiger partial charge in [0, 0.05) is 5.92 Å². The van der Waals surface area contributed by atoms with Crippen LogP contribution in [0, 0.1) is 11.8 Å². The van der Waals surface area contributed by atoms with Gasteiger partial charge in [0.1, 0.15) is 6.10 Å². The second-order valence-corrected chi connectivity index (χ2v) is 5.75. The fourth-order valence-corrected chi connectivity index (χ4v) is 2.83. The Morgan fingerprint density at radius 3 is 2.74 bits per heavy atom. The third-order valence-electron chi connectivity index (χ3n) is 4.30. The van der Waals surface area contributed by atoms with Crippen LogP contribution in [0.5, 0.6) is 0 Å². The SMILES string of the molecule is C=C1C(O)CCC(C)=CC2OC(=O)C(C)C2CC1O. The van der Waals surface area contributed by atoms with Gasteiger partial charge in [0.05, 0.1) is 18.1 Å². The first-order valence-corrected chi connectivity index (χ1v) is 6.82. The minimum absolute atomic E-state index is 0.0560. The average molecular weight is 266 g/mol. The predicted molar refractivity (Wildman–Crippen MR) is 71.3 cm³/mol. The predicted octanol–water partition coefficient (Wildman–Crippen LogP) is 1.57. The third kappa shape index (κ3) is 2.90. The van der Waals surface area contributed by atoms with Gasteiger partial charge in [0.15, 0.2) is 0 Å². The fraction of sp³-hybridized carbons (Fsp3) is 0.667. The summed E-state index contributed by atoms with van der Waals surface area (Å²) in [5.74, 6) is -0.496. The van der Waals surface area contributed by atoms with Gasteiger partial charge in [-0.15, -0.1) is 0 Å².